The van der Waals surface area contributed by atoms with Gasteiger partial charge in [0.1, 0.15) is 5.69 Å². The van der Waals surface area contributed by atoms with Crippen LogP contribution in [-0.4, -0.2) is 21.9 Å². The van der Waals surface area contributed by atoms with Gasteiger partial charge in [-0.3, -0.25) is 0 Å². The van der Waals surface area contributed by atoms with E-state index in [1.807, 2.05) is 0 Å². The Morgan fingerprint density at radius 3 is 2.84 bits per heavy atom. The van der Waals surface area contributed by atoms with Gasteiger partial charge < -0.3 is 5.32 Å². The zero-order valence-electron chi connectivity index (χ0n) is 10.3. The zero-order chi connectivity index (χ0) is 13.9. The lowest BCUT2D eigenvalue weighted by Gasteiger charge is -2.25. The normalized spacial score (nSPS) is 24.2. The summed E-state index contributed by atoms with van der Waals surface area (Å²) in [5.74, 6) is 0.390. The highest BCUT2D eigenvalue weighted by molar-refractivity contribution is 6.20. The quantitative estimate of drug-likeness (QED) is 0.864. The minimum absolute atomic E-state index is 0.0199. The van der Waals surface area contributed by atoms with Gasteiger partial charge in [-0.25, -0.2) is 9.97 Å². The fourth-order valence-electron chi connectivity index (χ4n) is 2.25. The molecule has 2 atom stereocenters. The maximum atomic E-state index is 12.5. The molecule has 1 fully saturated rings. The van der Waals surface area contributed by atoms with Gasteiger partial charge in [-0.2, -0.15) is 13.2 Å². The topological polar surface area (TPSA) is 37.8 Å². The molecule has 0 bridgehead atoms. The van der Waals surface area contributed by atoms with Gasteiger partial charge in [0, 0.05) is 18.1 Å². The number of anilines is 1. The summed E-state index contributed by atoms with van der Waals surface area (Å²) in [5.41, 5.74) is -0.927. The summed E-state index contributed by atoms with van der Waals surface area (Å²) in [4.78, 5) is 7.27. The highest BCUT2D eigenvalue weighted by Crippen LogP contribution is 2.29. The van der Waals surface area contributed by atoms with Crippen LogP contribution in [0, 0.1) is 5.92 Å². The molecule has 1 N–H and O–H groups in total. The van der Waals surface area contributed by atoms with Gasteiger partial charge in [-0.1, -0.05) is 6.42 Å². The molecule has 0 aromatic carbocycles. The lowest BCUT2D eigenvalue weighted by Crippen LogP contribution is -2.23. The summed E-state index contributed by atoms with van der Waals surface area (Å²) < 4.78 is 37.4. The molecule has 1 aliphatic carbocycles. The van der Waals surface area contributed by atoms with Crippen LogP contribution >= 0.6 is 11.6 Å². The SMILES string of the molecule is FC(F)(F)c1ccnc(NCC2CCCC(Cl)C2)n1. The molecule has 7 heteroatoms. The first kappa shape index (κ1) is 14.4. The van der Waals surface area contributed by atoms with Crippen molar-refractivity contribution >= 4 is 17.5 Å². The maximum absolute atomic E-state index is 12.5. The third kappa shape index (κ3) is 4.23. The lowest BCUT2D eigenvalue weighted by atomic mass is 9.89. The van der Waals surface area contributed by atoms with E-state index in [-0.39, 0.29) is 11.3 Å². The highest BCUT2D eigenvalue weighted by atomic mass is 35.5. The van der Waals surface area contributed by atoms with Crippen molar-refractivity contribution in [2.45, 2.75) is 37.2 Å². The Morgan fingerprint density at radius 2 is 2.16 bits per heavy atom. The average Bonchev–Trinajstić information content (AvgIpc) is 2.36. The summed E-state index contributed by atoms with van der Waals surface area (Å²) in [5, 5.41) is 3.04. The van der Waals surface area contributed by atoms with E-state index in [2.05, 4.69) is 15.3 Å². The van der Waals surface area contributed by atoms with Crippen molar-refractivity contribution in [3.8, 4) is 0 Å². The van der Waals surface area contributed by atoms with Crippen molar-refractivity contribution in [1.82, 2.24) is 9.97 Å². The standard InChI is InChI=1S/C12H15ClF3N3/c13-9-3-1-2-8(6-9)7-18-11-17-5-4-10(19-11)12(14,15)16/h4-5,8-9H,1-3,6-7H2,(H,17,18,19). The summed E-state index contributed by atoms with van der Waals surface area (Å²) >= 11 is 6.07. The van der Waals surface area contributed by atoms with Gasteiger partial charge >= 0.3 is 6.18 Å². The zero-order valence-corrected chi connectivity index (χ0v) is 11.0. The molecule has 1 aromatic heterocycles. The monoisotopic (exact) mass is 293 g/mol. The van der Waals surface area contributed by atoms with E-state index in [0.29, 0.717) is 12.5 Å². The summed E-state index contributed by atoms with van der Waals surface area (Å²) in [6.45, 7) is 0.560. The van der Waals surface area contributed by atoms with E-state index in [1.54, 1.807) is 0 Å². The van der Waals surface area contributed by atoms with E-state index in [9.17, 15) is 13.2 Å². The van der Waals surface area contributed by atoms with E-state index >= 15 is 0 Å². The molecule has 1 aliphatic rings. The van der Waals surface area contributed by atoms with Crippen molar-refractivity contribution in [3.05, 3.63) is 18.0 Å². The van der Waals surface area contributed by atoms with E-state index < -0.39 is 11.9 Å². The molecule has 19 heavy (non-hydrogen) atoms. The number of aromatic nitrogens is 2. The fraction of sp³-hybridized carbons (Fsp3) is 0.667. The molecule has 2 unspecified atom stereocenters. The third-order valence-corrected chi connectivity index (χ3v) is 3.61. The smallest absolute Gasteiger partial charge is 0.354 e. The van der Waals surface area contributed by atoms with Crippen molar-refractivity contribution in [3.63, 3.8) is 0 Å². The van der Waals surface area contributed by atoms with E-state index in [4.69, 9.17) is 11.6 Å². The molecule has 1 saturated carbocycles. The first-order valence-corrected chi connectivity index (χ1v) is 6.67. The molecule has 0 amide bonds. The first-order valence-electron chi connectivity index (χ1n) is 6.23. The summed E-state index contributed by atoms with van der Waals surface area (Å²) in [6.07, 6.45) is 0.666. The van der Waals surface area contributed by atoms with E-state index in [0.717, 1.165) is 37.9 Å². The van der Waals surface area contributed by atoms with Crippen LogP contribution < -0.4 is 5.32 Å². The number of halogens is 4. The minimum Gasteiger partial charge on any atom is -0.354 e. The predicted octanol–water partition coefficient (Wildman–Crippen LogP) is 3.70. The molecule has 1 aromatic rings. The molecular formula is C12H15ClF3N3. The number of hydrogen-bond acceptors (Lipinski definition) is 3. The van der Waals surface area contributed by atoms with Crippen molar-refractivity contribution < 1.29 is 13.2 Å². The van der Waals surface area contributed by atoms with Gasteiger partial charge in [-0.05, 0) is 31.2 Å². The lowest BCUT2D eigenvalue weighted by molar-refractivity contribution is -0.141. The van der Waals surface area contributed by atoms with Crippen LogP contribution in [0.5, 0.6) is 0 Å². The largest absolute Gasteiger partial charge is 0.433 e. The number of alkyl halides is 4. The van der Waals surface area contributed by atoms with Crippen LogP contribution in [0.25, 0.3) is 0 Å². The Bertz CT molecular complexity index is 425. The number of nitrogens with one attached hydrogen (secondary N) is 1. The van der Waals surface area contributed by atoms with Crippen LogP contribution in [0.1, 0.15) is 31.4 Å². The van der Waals surface area contributed by atoms with Crippen LogP contribution in [0.2, 0.25) is 0 Å². The fourth-order valence-corrected chi connectivity index (χ4v) is 2.65. The molecule has 0 aliphatic heterocycles. The van der Waals surface area contributed by atoms with Crippen LogP contribution in [-0.2, 0) is 6.18 Å². The molecule has 2 rings (SSSR count). The van der Waals surface area contributed by atoms with Gasteiger partial charge in [0.25, 0.3) is 0 Å². The molecule has 1 heterocycles. The molecule has 3 nitrogen and oxygen atoms in total. The maximum Gasteiger partial charge on any atom is 0.433 e. The summed E-state index contributed by atoms with van der Waals surface area (Å²) in [7, 11) is 0. The van der Waals surface area contributed by atoms with Crippen LogP contribution in [0.3, 0.4) is 0 Å². The predicted molar refractivity (Wildman–Crippen MR) is 67.1 cm³/mol. The van der Waals surface area contributed by atoms with Gasteiger partial charge in [0.15, 0.2) is 0 Å². The van der Waals surface area contributed by atoms with Gasteiger partial charge in [0.2, 0.25) is 5.95 Å². The molecule has 0 saturated heterocycles. The Labute approximate surface area is 114 Å². The average molecular weight is 294 g/mol. The third-order valence-electron chi connectivity index (χ3n) is 3.21. The second-order valence-corrected chi connectivity index (χ2v) is 5.39. The molecular weight excluding hydrogens is 279 g/mol. The molecule has 106 valence electrons. The number of nitrogens with zero attached hydrogens (tertiary/aromatic N) is 2. The molecule has 0 radical (unpaired) electrons. The van der Waals surface area contributed by atoms with Gasteiger partial charge in [-0.15, -0.1) is 11.6 Å². The highest BCUT2D eigenvalue weighted by Gasteiger charge is 2.32. The van der Waals surface area contributed by atoms with Gasteiger partial charge in [0.05, 0.1) is 0 Å². The second kappa shape index (κ2) is 5.94. The van der Waals surface area contributed by atoms with Crippen molar-refractivity contribution in [2.24, 2.45) is 5.92 Å². The van der Waals surface area contributed by atoms with Crippen molar-refractivity contribution in [1.29, 1.82) is 0 Å². The van der Waals surface area contributed by atoms with Crippen LogP contribution in [0.15, 0.2) is 12.3 Å². The minimum atomic E-state index is -4.44. The number of rotatable bonds is 3. The Balaban J connectivity index is 1.92. The van der Waals surface area contributed by atoms with Crippen molar-refractivity contribution in [2.75, 3.05) is 11.9 Å². The Kier molecular flexibility index (Phi) is 4.50. The number of hydrogen-bond donors (Lipinski definition) is 1. The van der Waals surface area contributed by atoms with E-state index in [1.165, 1.54) is 0 Å². The summed E-state index contributed by atoms with van der Waals surface area (Å²) in [6, 6.07) is 0.862. The first-order chi connectivity index (χ1) is 8.95. The second-order valence-electron chi connectivity index (χ2n) is 4.77. The Hall–Kier alpha value is -1.04. The van der Waals surface area contributed by atoms with Crippen LogP contribution in [0.4, 0.5) is 19.1 Å². The Morgan fingerprint density at radius 1 is 1.37 bits per heavy atom. The molecule has 0 spiro atoms.